The van der Waals surface area contributed by atoms with Gasteiger partial charge >= 0.3 is 12.1 Å². The van der Waals surface area contributed by atoms with Crippen LogP contribution in [0.5, 0.6) is 17.4 Å². The van der Waals surface area contributed by atoms with Crippen molar-refractivity contribution in [3.8, 4) is 17.4 Å². The van der Waals surface area contributed by atoms with E-state index in [1.54, 1.807) is 12.4 Å². The molecule has 3 heterocycles. The van der Waals surface area contributed by atoms with Gasteiger partial charge in [0.25, 0.3) is 5.88 Å². The standard InChI is InChI=1S/C21H28N4O4.C2HF3O2/c1-2-18(16-19(3-1)29-17-4-12-26-13-5-17)27-14-15-28-21-20(23-6-7-24-21)25-10-8-22-9-11-25;3-2(4,5)1(6)7/h1-3,6-7,16-17,22H,4-5,8-15H2;(H,6,7). The molecule has 2 aliphatic heterocycles. The maximum absolute atomic E-state index is 10.6. The molecule has 0 saturated carbocycles. The highest BCUT2D eigenvalue weighted by Gasteiger charge is 2.38. The summed E-state index contributed by atoms with van der Waals surface area (Å²) in [7, 11) is 0. The van der Waals surface area contributed by atoms with Gasteiger partial charge in [0.05, 0.1) is 13.2 Å². The Kier molecular flexibility index (Phi) is 10.4. The number of benzene rings is 1. The number of carboxylic acids is 1. The summed E-state index contributed by atoms with van der Waals surface area (Å²) in [5.41, 5.74) is 0. The van der Waals surface area contributed by atoms with Crippen molar-refractivity contribution in [2.24, 2.45) is 0 Å². The highest BCUT2D eigenvalue weighted by Crippen LogP contribution is 2.24. The molecule has 10 nitrogen and oxygen atoms in total. The molecular weight excluding hydrogens is 485 g/mol. The minimum atomic E-state index is -5.08. The molecule has 1 aromatic carbocycles. The number of nitrogens with zero attached hydrogens (tertiary/aromatic N) is 3. The predicted molar refractivity (Wildman–Crippen MR) is 123 cm³/mol. The molecule has 198 valence electrons. The van der Waals surface area contributed by atoms with Gasteiger partial charge in [0.2, 0.25) is 0 Å². The van der Waals surface area contributed by atoms with Gasteiger partial charge in [0.15, 0.2) is 5.82 Å². The first kappa shape index (κ1) is 27.3. The molecule has 13 heteroatoms. The zero-order valence-electron chi connectivity index (χ0n) is 19.6. The van der Waals surface area contributed by atoms with E-state index in [4.69, 9.17) is 28.8 Å². The van der Waals surface area contributed by atoms with Crippen LogP contribution < -0.4 is 24.4 Å². The first-order valence-corrected chi connectivity index (χ1v) is 11.5. The Labute approximate surface area is 206 Å². The third-order valence-corrected chi connectivity index (χ3v) is 5.17. The summed E-state index contributed by atoms with van der Waals surface area (Å²) in [6.45, 7) is 5.99. The predicted octanol–water partition coefficient (Wildman–Crippen LogP) is 2.54. The van der Waals surface area contributed by atoms with E-state index >= 15 is 0 Å². The second kappa shape index (κ2) is 13.7. The number of alkyl halides is 3. The Bertz CT molecular complexity index is 953. The topological polar surface area (TPSA) is 115 Å². The summed E-state index contributed by atoms with van der Waals surface area (Å²) in [6.07, 6.45) is 0.324. The molecule has 0 radical (unpaired) electrons. The van der Waals surface area contributed by atoms with Crippen LogP contribution in [0.1, 0.15) is 12.8 Å². The van der Waals surface area contributed by atoms with Crippen molar-refractivity contribution >= 4 is 11.8 Å². The zero-order valence-corrected chi connectivity index (χ0v) is 19.6. The monoisotopic (exact) mass is 514 g/mol. The van der Waals surface area contributed by atoms with Crippen LogP contribution in [0.2, 0.25) is 0 Å². The lowest BCUT2D eigenvalue weighted by Gasteiger charge is -2.28. The molecular formula is C23H29F3N4O6. The van der Waals surface area contributed by atoms with E-state index in [0.29, 0.717) is 19.1 Å². The summed E-state index contributed by atoms with van der Waals surface area (Å²) in [5, 5.41) is 10.5. The van der Waals surface area contributed by atoms with Crippen molar-refractivity contribution in [1.82, 2.24) is 15.3 Å². The highest BCUT2D eigenvalue weighted by atomic mass is 19.4. The van der Waals surface area contributed by atoms with Gasteiger partial charge in [-0.15, -0.1) is 0 Å². The number of rotatable bonds is 8. The molecule has 0 unspecified atom stereocenters. The van der Waals surface area contributed by atoms with Crippen LogP contribution in [0.3, 0.4) is 0 Å². The molecule has 0 aliphatic carbocycles. The average Bonchev–Trinajstić information content (AvgIpc) is 2.88. The third kappa shape index (κ3) is 9.04. The Morgan fingerprint density at radius 1 is 1.08 bits per heavy atom. The molecule has 0 atom stereocenters. The summed E-state index contributed by atoms with van der Waals surface area (Å²) < 4.78 is 54.8. The van der Waals surface area contributed by atoms with E-state index in [9.17, 15) is 13.2 Å². The quantitative estimate of drug-likeness (QED) is 0.509. The lowest BCUT2D eigenvalue weighted by atomic mass is 10.1. The van der Waals surface area contributed by atoms with Gasteiger partial charge in [0.1, 0.15) is 30.8 Å². The number of ether oxygens (including phenoxy) is 4. The smallest absolute Gasteiger partial charge is 0.490 e. The molecule has 2 aliphatic rings. The normalized spacial score (nSPS) is 16.5. The van der Waals surface area contributed by atoms with E-state index in [0.717, 1.165) is 69.6 Å². The minimum absolute atomic E-state index is 0.211. The van der Waals surface area contributed by atoms with E-state index in [-0.39, 0.29) is 6.10 Å². The third-order valence-electron chi connectivity index (χ3n) is 5.17. The molecule has 2 fully saturated rings. The van der Waals surface area contributed by atoms with Crippen LogP contribution in [0, 0.1) is 0 Å². The Morgan fingerprint density at radius 3 is 2.42 bits per heavy atom. The number of hydrogen-bond acceptors (Lipinski definition) is 9. The van der Waals surface area contributed by atoms with Crippen LogP contribution in [-0.4, -0.2) is 85.9 Å². The first-order valence-electron chi connectivity index (χ1n) is 11.5. The largest absolute Gasteiger partial charge is 0.490 e. The summed E-state index contributed by atoms with van der Waals surface area (Å²) in [6, 6.07) is 7.74. The molecule has 0 bridgehead atoms. The Hall–Kier alpha value is -3.32. The van der Waals surface area contributed by atoms with Crippen LogP contribution >= 0.6 is 0 Å². The van der Waals surface area contributed by atoms with Crippen molar-refractivity contribution in [3.05, 3.63) is 36.7 Å². The molecule has 0 amide bonds. The number of carboxylic acid groups (broad SMARTS) is 1. The summed E-state index contributed by atoms with van der Waals surface area (Å²) in [4.78, 5) is 19.9. The number of hydrogen-bond donors (Lipinski definition) is 2. The number of aliphatic carboxylic acids is 1. The second-order valence-electron chi connectivity index (χ2n) is 7.83. The number of anilines is 1. The fourth-order valence-electron chi connectivity index (χ4n) is 3.43. The van der Waals surface area contributed by atoms with Gasteiger partial charge in [-0.25, -0.2) is 14.8 Å². The number of nitrogens with one attached hydrogen (secondary N) is 1. The van der Waals surface area contributed by atoms with Crippen LogP contribution in [0.4, 0.5) is 19.0 Å². The Balaban J connectivity index is 0.000000454. The molecule has 36 heavy (non-hydrogen) atoms. The maximum atomic E-state index is 10.6. The van der Waals surface area contributed by atoms with Crippen LogP contribution in [0.25, 0.3) is 0 Å². The average molecular weight is 515 g/mol. The number of carbonyl (C=O) groups is 1. The molecule has 2 aromatic rings. The van der Waals surface area contributed by atoms with E-state index in [2.05, 4.69) is 20.2 Å². The molecule has 2 saturated heterocycles. The molecule has 2 N–H and O–H groups in total. The zero-order chi connectivity index (χ0) is 25.8. The molecule has 4 rings (SSSR count). The van der Waals surface area contributed by atoms with Gasteiger partial charge in [-0.1, -0.05) is 6.07 Å². The fraction of sp³-hybridized carbons (Fsp3) is 0.522. The number of aromatic nitrogens is 2. The van der Waals surface area contributed by atoms with Crippen molar-refractivity contribution in [1.29, 1.82) is 0 Å². The Morgan fingerprint density at radius 2 is 1.72 bits per heavy atom. The minimum Gasteiger partial charge on any atom is -0.490 e. The van der Waals surface area contributed by atoms with E-state index in [1.165, 1.54) is 0 Å². The summed E-state index contributed by atoms with van der Waals surface area (Å²) in [5.74, 6) is 0.174. The molecule has 0 spiro atoms. The highest BCUT2D eigenvalue weighted by molar-refractivity contribution is 5.73. The van der Waals surface area contributed by atoms with Gasteiger partial charge in [0, 0.05) is 57.5 Å². The first-order chi connectivity index (χ1) is 17.3. The van der Waals surface area contributed by atoms with Gasteiger partial charge in [-0.2, -0.15) is 13.2 Å². The lowest BCUT2D eigenvalue weighted by Crippen LogP contribution is -2.44. The second-order valence-corrected chi connectivity index (χ2v) is 7.83. The number of piperazine rings is 1. The van der Waals surface area contributed by atoms with E-state index < -0.39 is 12.1 Å². The van der Waals surface area contributed by atoms with Crippen molar-refractivity contribution in [2.75, 3.05) is 57.5 Å². The molecule has 1 aromatic heterocycles. The maximum Gasteiger partial charge on any atom is 0.490 e. The van der Waals surface area contributed by atoms with Crippen molar-refractivity contribution in [2.45, 2.75) is 25.1 Å². The van der Waals surface area contributed by atoms with Gasteiger partial charge < -0.3 is 34.3 Å². The van der Waals surface area contributed by atoms with E-state index in [1.807, 2.05) is 24.3 Å². The van der Waals surface area contributed by atoms with Gasteiger partial charge in [-0.3, -0.25) is 0 Å². The number of halogens is 3. The summed E-state index contributed by atoms with van der Waals surface area (Å²) >= 11 is 0. The van der Waals surface area contributed by atoms with Crippen LogP contribution in [0.15, 0.2) is 36.7 Å². The van der Waals surface area contributed by atoms with Gasteiger partial charge in [-0.05, 0) is 12.1 Å². The van der Waals surface area contributed by atoms with Crippen molar-refractivity contribution in [3.63, 3.8) is 0 Å². The van der Waals surface area contributed by atoms with Crippen LogP contribution in [-0.2, 0) is 9.53 Å². The SMILES string of the molecule is O=C(O)C(F)(F)F.c1cc(OCCOc2nccnc2N2CCNCC2)cc(OC2CCOCC2)c1. The lowest BCUT2D eigenvalue weighted by molar-refractivity contribution is -0.192. The fourth-order valence-corrected chi connectivity index (χ4v) is 3.43. The van der Waals surface area contributed by atoms with Crippen molar-refractivity contribution < 1.29 is 42.0 Å².